The molecule has 2 nitrogen and oxygen atoms in total. The van der Waals surface area contributed by atoms with Gasteiger partial charge in [-0.15, -0.1) is 0 Å². The molecule has 0 saturated heterocycles. The zero-order valence-electron chi connectivity index (χ0n) is 8.57. The highest BCUT2D eigenvalue weighted by molar-refractivity contribution is 6.35. The molecule has 0 aliphatic carbocycles. The number of fused-ring (bicyclic) bond motifs is 1. The second-order valence-corrected chi connectivity index (χ2v) is 4.19. The van der Waals surface area contributed by atoms with Crippen LogP contribution in [0.15, 0.2) is 30.5 Å². The summed E-state index contributed by atoms with van der Waals surface area (Å²) in [5, 5.41) is 1.74. The Morgan fingerprint density at radius 1 is 1.40 bits per heavy atom. The lowest BCUT2D eigenvalue weighted by atomic mass is 10.0. The summed E-state index contributed by atoms with van der Waals surface area (Å²) < 4.78 is 0. The quantitative estimate of drug-likeness (QED) is 0.846. The van der Waals surface area contributed by atoms with E-state index in [0.717, 1.165) is 27.9 Å². The van der Waals surface area contributed by atoms with Crippen molar-refractivity contribution in [1.82, 2.24) is 4.98 Å². The summed E-state index contributed by atoms with van der Waals surface area (Å²) in [4.78, 5) is 4.36. The van der Waals surface area contributed by atoms with Gasteiger partial charge < -0.3 is 5.73 Å². The van der Waals surface area contributed by atoms with Crippen molar-refractivity contribution in [3.05, 3.63) is 41.0 Å². The smallest absolute Gasteiger partial charge is 0.0749 e. The van der Waals surface area contributed by atoms with Crippen LogP contribution in [-0.2, 0) is 6.42 Å². The summed E-state index contributed by atoms with van der Waals surface area (Å²) in [5.74, 6) is 0. The van der Waals surface area contributed by atoms with E-state index in [1.807, 2.05) is 31.2 Å². The first-order valence-corrected chi connectivity index (χ1v) is 5.34. The number of halogens is 1. The Bertz CT molecular complexity index is 480. The number of hydrogen-bond donors (Lipinski definition) is 1. The van der Waals surface area contributed by atoms with Crippen molar-refractivity contribution in [2.75, 3.05) is 0 Å². The molecule has 0 aliphatic heterocycles. The number of benzene rings is 1. The molecule has 0 bridgehead atoms. The van der Waals surface area contributed by atoms with E-state index in [1.54, 1.807) is 6.20 Å². The van der Waals surface area contributed by atoms with E-state index in [-0.39, 0.29) is 6.04 Å². The first-order chi connectivity index (χ1) is 7.18. The van der Waals surface area contributed by atoms with Gasteiger partial charge in [0.2, 0.25) is 0 Å². The molecular formula is C12H13ClN2. The molecule has 0 spiro atoms. The lowest BCUT2D eigenvalue weighted by molar-refractivity contribution is 0.740. The summed E-state index contributed by atoms with van der Waals surface area (Å²) >= 11 is 6.09. The minimum Gasteiger partial charge on any atom is -0.328 e. The zero-order valence-corrected chi connectivity index (χ0v) is 9.33. The Labute approximate surface area is 94.1 Å². The molecule has 0 aliphatic rings. The molecule has 0 saturated carbocycles. The molecule has 2 N–H and O–H groups in total. The lowest BCUT2D eigenvalue weighted by Gasteiger charge is -2.09. The van der Waals surface area contributed by atoms with Crippen molar-refractivity contribution >= 4 is 22.5 Å². The normalized spacial score (nSPS) is 13.0. The fourth-order valence-corrected chi connectivity index (χ4v) is 1.92. The van der Waals surface area contributed by atoms with Crippen LogP contribution in [0.1, 0.15) is 12.5 Å². The Morgan fingerprint density at radius 2 is 2.20 bits per heavy atom. The summed E-state index contributed by atoms with van der Waals surface area (Å²) in [6.45, 7) is 1.99. The van der Waals surface area contributed by atoms with Gasteiger partial charge >= 0.3 is 0 Å². The van der Waals surface area contributed by atoms with Crippen molar-refractivity contribution < 1.29 is 0 Å². The average molecular weight is 221 g/mol. The monoisotopic (exact) mass is 220 g/mol. The number of rotatable bonds is 2. The van der Waals surface area contributed by atoms with E-state index in [9.17, 15) is 0 Å². The molecule has 2 rings (SSSR count). The van der Waals surface area contributed by atoms with E-state index in [4.69, 9.17) is 17.3 Å². The highest BCUT2D eigenvalue weighted by atomic mass is 35.5. The molecule has 1 unspecified atom stereocenters. The molecule has 78 valence electrons. The van der Waals surface area contributed by atoms with Crippen molar-refractivity contribution in [2.45, 2.75) is 19.4 Å². The fraction of sp³-hybridized carbons (Fsp3) is 0.250. The summed E-state index contributed by atoms with van der Waals surface area (Å²) in [5.41, 5.74) is 7.91. The van der Waals surface area contributed by atoms with E-state index in [1.165, 1.54) is 0 Å². The Morgan fingerprint density at radius 3 is 2.93 bits per heavy atom. The van der Waals surface area contributed by atoms with E-state index in [0.29, 0.717) is 0 Å². The summed E-state index contributed by atoms with van der Waals surface area (Å²) in [6, 6.07) is 7.92. The van der Waals surface area contributed by atoms with Crippen LogP contribution in [0, 0.1) is 0 Å². The Kier molecular flexibility index (Phi) is 2.89. The van der Waals surface area contributed by atoms with E-state index in [2.05, 4.69) is 4.98 Å². The van der Waals surface area contributed by atoms with Gasteiger partial charge in [0.05, 0.1) is 5.52 Å². The number of nitrogens with two attached hydrogens (primary N) is 1. The molecule has 0 radical (unpaired) electrons. The standard InChI is InChI=1S/C12H13ClN2/c1-8(14)7-9-4-5-11(13)10-3-2-6-15-12(9)10/h2-6,8H,7,14H2,1H3. The van der Waals surface area contributed by atoms with Crippen LogP contribution in [0.4, 0.5) is 0 Å². The maximum Gasteiger partial charge on any atom is 0.0749 e. The van der Waals surface area contributed by atoms with Crippen LogP contribution in [0.5, 0.6) is 0 Å². The number of hydrogen-bond acceptors (Lipinski definition) is 2. The largest absolute Gasteiger partial charge is 0.328 e. The van der Waals surface area contributed by atoms with Crippen molar-refractivity contribution in [3.63, 3.8) is 0 Å². The third kappa shape index (κ3) is 2.11. The van der Waals surface area contributed by atoms with Gasteiger partial charge in [0.1, 0.15) is 0 Å². The van der Waals surface area contributed by atoms with Crippen LogP contribution in [0.25, 0.3) is 10.9 Å². The number of aromatic nitrogens is 1. The van der Waals surface area contributed by atoms with Crippen molar-refractivity contribution in [1.29, 1.82) is 0 Å². The van der Waals surface area contributed by atoms with Crippen LogP contribution in [-0.4, -0.2) is 11.0 Å². The Hall–Kier alpha value is -1.12. The van der Waals surface area contributed by atoms with Gasteiger partial charge in [-0.3, -0.25) is 4.98 Å². The van der Waals surface area contributed by atoms with Gasteiger partial charge in [0, 0.05) is 22.6 Å². The molecule has 3 heteroatoms. The molecule has 0 fully saturated rings. The van der Waals surface area contributed by atoms with Crippen LogP contribution >= 0.6 is 11.6 Å². The zero-order chi connectivity index (χ0) is 10.8. The van der Waals surface area contributed by atoms with Crippen molar-refractivity contribution in [3.8, 4) is 0 Å². The molecule has 0 amide bonds. The minimum absolute atomic E-state index is 0.136. The maximum atomic E-state index is 6.09. The summed E-state index contributed by atoms with van der Waals surface area (Å²) in [6.07, 6.45) is 2.61. The molecular weight excluding hydrogens is 208 g/mol. The second kappa shape index (κ2) is 4.17. The molecule has 1 atom stereocenters. The van der Waals surface area contributed by atoms with Gasteiger partial charge in [-0.05, 0) is 37.1 Å². The van der Waals surface area contributed by atoms with Gasteiger partial charge in [0.15, 0.2) is 0 Å². The lowest BCUT2D eigenvalue weighted by Crippen LogP contribution is -2.18. The fourth-order valence-electron chi connectivity index (χ4n) is 1.71. The minimum atomic E-state index is 0.136. The van der Waals surface area contributed by atoms with Crippen LogP contribution in [0.3, 0.4) is 0 Å². The average Bonchev–Trinajstić information content (AvgIpc) is 2.22. The molecule has 15 heavy (non-hydrogen) atoms. The third-order valence-electron chi connectivity index (χ3n) is 2.34. The molecule has 1 aromatic heterocycles. The van der Waals surface area contributed by atoms with Crippen LogP contribution in [0.2, 0.25) is 5.02 Å². The van der Waals surface area contributed by atoms with Gasteiger partial charge in [-0.1, -0.05) is 17.7 Å². The Balaban J connectivity index is 2.61. The van der Waals surface area contributed by atoms with Gasteiger partial charge in [0.25, 0.3) is 0 Å². The third-order valence-corrected chi connectivity index (χ3v) is 2.67. The highest BCUT2D eigenvalue weighted by Gasteiger charge is 2.06. The number of pyridine rings is 1. The molecule has 1 aromatic carbocycles. The SMILES string of the molecule is CC(N)Cc1ccc(Cl)c2cccnc12. The molecule has 2 aromatic rings. The second-order valence-electron chi connectivity index (χ2n) is 3.79. The first kappa shape index (κ1) is 10.4. The maximum absolute atomic E-state index is 6.09. The topological polar surface area (TPSA) is 38.9 Å². The molecule has 1 heterocycles. The summed E-state index contributed by atoms with van der Waals surface area (Å²) in [7, 11) is 0. The van der Waals surface area contributed by atoms with Gasteiger partial charge in [-0.2, -0.15) is 0 Å². The van der Waals surface area contributed by atoms with Crippen molar-refractivity contribution in [2.24, 2.45) is 5.73 Å². The van der Waals surface area contributed by atoms with E-state index >= 15 is 0 Å². The predicted molar refractivity (Wildman–Crippen MR) is 64.1 cm³/mol. The van der Waals surface area contributed by atoms with Crippen LogP contribution < -0.4 is 5.73 Å². The first-order valence-electron chi connectivity index (χ1n) is 4.96. The van der Waals surface area contributed by atoms with Gasteiger partial charge in [-0.25, -0.2) is 0 Å². The predicted octanol–water partition coefficient (Wildman–Crippen LogP) is 2.78. The number of nitrogens with zero attached hydrogens (tertiary/aromatic N) is 1. The van der Waals surface area contributed by atoms with E-state index < -0.39 is 0 Å². The highest BCUT2D eigenvalue weighted by Crippen LogP contribution is 2.25.